The summed E-state index contributed by atoms with van der Waals surface area (Å²) in [5, 5.41) is 0. The predicted octanol–water partition coefficient (Wildman–Crippen LogP) is 2.76. The molecule has 0 aromatic rings. The van der Waals surface area contributed by atoms with E-state index in [2.05, 4.69) is 13.2 Å². The molecule has 0 saturated heterocycles. The molecule has 0 spiro atoms. The molecule has 0 heterocycles. The minimum atomic E-state index is -2.67. The van der Waals surface area contributed by atoms with Crippen LogP contribution in [0.25, 0.3) is 0 Å². The van der Waals surface area contributed by atoms with E-state index < -0.39 is 8.41 Å². The lowest BCUT2D eigenvalue weighted by atomic mass is 10.6. The van der Waals surface area contributed by atoms with Crippen molar-refractivity contribution in [2.45, 2.75) is 19.4 Å². The van der Waals surface area contributed by atoms with E-state index in [1.807, 2.05) is 6.92 Å². The third kappa shape index (κ3) is 2.61. The standard InChI is InChI=1S/C7H13FSi/c1-4-7-9(8,5-2)6-3/h5-6H,2-4,7H2,1H3. The van der Waals surface area contributed by atoms with E-state index in [9.17, 15) is 4.11 Å². The molecule has 0 unspecified atom stereocenters. The van der Waals surface area contributed by atoms with E-state index in [4.69, 9.17) is 0 Å². The fraction of sp³-hybridized carbons (Fsp3) is 0.429. The zero-order valence-corrected chi connectivity index (χ0v) is 6.86. The maximum absolute atomic E-state index is 13.2. The van der Waals surface area contributed by atoms with Crippen molar-refractivity contribution in [3.63, 3.8) is 0 Å². The summed E-state index contributed by atoms with van der Waals surface area (Å²) in [6.07, 6.45) is 0.876. The number of hydrogen-bond acceptors (Lipinski definition) is 0. The summed E-state index contributed by atoms with van der Waals surface area (Å²) in [4.78, 5) is 0. The van der Waals surface area contributed by atoms with Crippen molar-refractivity contribution < 1.29 is 4.11 Å². The Hall–Kier alpha value is -0.373. The minimum Gasteiger partial charge on any atom is -0.303 e. The van der Waals surface area contributed by atoms with Gasteiger partial charge in [0, 0.05) is 0 Å². The Morgan fingerprint density at radius 1 is 1.44 bits per heavy atom. The second kappa shape index (κ2) is 3.61. The molecule has 52 valence electrons. The van der Waals surface area contributed by atoms with Crippen LogP contribution in [0.5, 0.6) is 0 Å². The molecule has 0 aliphatic carbocycles. The maximum Gasteiger partial charge on any atom is 0.293 e. The third-order valence-electron chi connectivity index (χ3n) is 1.31. The molecule has 0 atom stereocenters. The van der Waals surface area contributed by atoms with Crippen molar-refractivity contribution in [1.29, 1.82) is 0 Å². The van der Waals surface area contributed by atoms with Gasteiger partial charge in [-0.25, -0.2) is 0 Å². The average molecular weight is 144 g/mol. The molecule has 0 fully saturated rings. The molecule has 2 heteroatoms. The summed E-state index contributed by atoms with van der Waals surface area (Å²) < 4.78 is 13.2. The highest BCUT2D eigenvalue weighted by atomic mass is 28.4. The predicted molar refractivity (Wildman–Crippen MR) is 42.4 cm³/mol. The molecule has 0 N–H and O–H groups in total. The topological polar surface area (TPSA) is 0 Å². The van der Waals surface area contributed by atoms with Crippen LogP contribution >= 0.6 is 0 Å². The third-order valence-corrected chi connectivity index (χ3v) is 3.94. The Labute approximate surface area is 57.3 Å². The van der Waals surface area contributed by atoms with E-state index in [0.29, 0.717) is 6.04 Å². The van der Waals surface area contributed by atoms with Crippen LogP contribution < -0.4 is 0 Å². The van der Waals surface area contributed by atoms with Gasteiger partial charge in [0.1, 0.15) is 0 Å². The Kier molecular flexibility index (Phi) is 3.46. The lowest BCUT2D eigenvalue weighted by Gasteiger charge is -2.09. The van der Waals surface area contributed by atoms with Crippen LogP contribution in [0.1, 0.15) is 13.3 Å². The molecule has 0 amide bonds. The average Bonchev–Trinajstić information content (AvgIpc) is 1.89. The number of hydrogen-bond donors (Lipinski definition) is 0. The van der Waals surface area contributed by atoms with Gasteiger partial charge in [0.25, 0.3) is 8.41 Å². The molecule has 0 rings (SSSR count). The Balaban J connectivity index is 3.91. The smallest absolute Gasteiger partial charge is 0.293 e. The molecule has 0 nitrogen and oxygen atoms in total. The fourth-order valence-electron chi connectivity index (χ4n) is 0.671. The van der Waals surface area contributed by atoms with Crippen LogP contribution in [0, 0.1) is 0 Å². The summed E-state index contributed by atoms with van der Waals surface area (Å²) in [5.41, 5.74) is 2.87. The molecule has 0 aliphatic rings. The summed E-state index contributed by atoms with van der Waals surface area (Å²) in [5.74, 6) is 0. The van der Waals surface area contributed by atoms with Gasteiger partial charge in [-0.3, -0.25) is 0 Å². The van der Waals surface area contributed by atoms with E-state index in [0.717, 1.165) is 6.42 Å². The zero-order chi connectivity index (χ0) is 7.33. The highest BCUT2D eigenvalue weighted by Gasteiger charge is 2.23. The van der Waals surface area contributed by atoms with E-state index in [1.54, 1.807) is 0 Å². The monoisotopic (exact) mass is 144 g/mol. The Bertz CT molecular complexity index is 101. The Morgan fingerprint density at radius 3 is 2.00 bits per heavy atom. The van der Waals surface area contributed by atoms with Crippen molar-refractivity contribution in [3.8, 4) is 0 Å². The molecule has 0 aromatic heterocycles. The number of halogens is 1. The fourth-order valence-corrected chi connectivity index (χ4v) is 2.01. The van der Waals surface area contributed by atoms with Crippen molar-refractivity contribution in [2.24, 2.45) is 0 Å². The number of rotatable bonds is 4. The first-order valence-corrected chi connectivity index (χ1v) is 5.38. The molecular weight excluding hydrogens is 131 g/mol. The van der Waals surface area contributed by atoms with Crippen LogP contribution in [0.3, 0.4) is 0 Å². The van der Waals surface area contributed by atoms with E-state index in [-0.39, 0.29) is 0 Å². The van der Waals surface area contributed by atoms with Gasteiger partial charge in [-0.2, -0.15) is 0 Å². The van der Waals surface area contributed by atoms with Gasteiger partial charge in [-0.15, -0.1) is 13.2 Å². The van der Waals surface area contributed by atoms with Crippen LogP contribution in [-0.4, -0.2) is 8.41 Å². The summed E-state index contributed by atoms with van der Waals surface area (Å²) in [6, 6.07) is 0.625. The molecule has 0 aliphatic heterocycles. The first-order valence-electron chi connectivity index (χ1n) is 3.14. The van der Waals surface area contributed by atoms with Crippen molar-refractivity contribution in [2.75, 3.05) is 0 Å². The SMILES string of the molecule is C=C[Si](F)(C=C)CCC. The van der Waals surface area contributed by atoms with Gasteiger partial charge in [0.2, 0.25) is 0 Å². The van der Waals surface area contributed by atoms with Gasteiger partial charge in [-0.05, 0) is 6.04 Å². The normalized spacial score (nSPS) is 10.9. The lowest BCUT2D eigenvalue weighted by molar-refractivity contribution is 0.794. The van der Waals surface area contributed by atoms with Crippen molar-refractivity contribution in [1.82, 2.24) is 0 Å². The Morgan fingerprint density at radius 2 is 1.89 bits per heavy atom. The molecular formula is C7H13FSi. The maximum atomic E-state index is 13.2. The van der Waals surface area contributed by atoms with E-state index >= 15 is 0 Å². The molecule has 9 heavy (non-hydrogen) atoms. The van der Waals surface area contributed by atoms with Crippen molar-refractivity contribution >= 4 is 8.41 Å². The first kappa shape index (κ1) is 8.63. The molecule has 0 saturated carbocycles. The van der Waals surface area contributed by atoms with Gasteiger partial charge >= 0.3 is 0 Å². The van der Waals surface area contributed by atoms with Gasteiger partial charge < -0.3 is 4.11 Å². The van der Waals surface area contributed by atoms with Crippen LogP contribution in [0.15, 0.2) is 24.6 Å². The highest BCUT2D eigenvalue weighted by Crippen LogP contribution is 2.15. The van der Waals surface area contributed by atoms with Crippen LogP contribution in [-0.2, 0) is 0 Å². The van der Waals surface area contributed by atoms with Gasteiger partial charge in [0.05, 0.1) is 0 Å². The van der Waals surface area contributed by atoms with Crippen LogP contribution in [0.2, 0.25) is 6.04 Å². The largest absolute Gasteiger partial charge is 0.303 e. The van der Waals surface area contributed by atoms with Crippen molar-refractivity contribution in [3.05, 3.63) is 24.6 Å². The lowest BCUT2D eigenvalue weighted by Crippen LogP contribution is -2.21. The van der Waals surface area contributed by atoms with Gasteiger partial charge in [0.15, 0.2) is 0 Å². The molecule has 0 aromatic carbocycles. The second-order valence-electron chi connectivity index (χ2n) is 2.09. The first-order chi connectivity index (χ1) is 4.18. The molecule has 0 radical (unpaired) electrons. The zero-order valence-electron chi connectivity index (χ0n) is 5.86. The van der Waals surface area contributed by atoms with E-state index in [1.165, 1.54) is 11.4 Å². The highest BCUT2D eigenvalue weighted by molar-refractivity contribution is 6.82. The summed E-state index contributed by atoms with van der Waals surface area (Å²) >= 11 is 0. The summed E-state index contributed by atoms with van der Waals surface area (Å²) in [7, 11) is -2.67. The van der Waals surface area contributed by atoms with Gasteiger partial charge in [-0.1, -0.05) is 24.7 Å². The van der Waals surface area contributed by atoms with Crippen LogP contribution in [0.4, 0.5) is 4.11 Å². The minimum absolute atomic E-state index is 0.625. The molecule has 0 bridgehead atoms. The quantitative estimate of drug-likeness (QED) is 0.420. The second-order valence-corrected chi connectivity index (χ2v) is 5.26. The summed E-state index contributed by atoms with van der Waals surface area (Å²) in [6.45, 7) is 8.84.